The fourth-order valence-corrected chi connectivity index (χ4v) is 3.27. The van der Waals surface area contributed by atoms with Crippen LogP contribution in [-0.2, 0) is 9.53 Å². The standard InChI is InChI=1S/C16H9F13N2O3S/c1-3-34-9(32)7-5(2)6(4-30)8(35-7)31-10(33)11(17,18)12(19,20)13(21,22)14(23,24)15(25,26)16(27,28)29/h3H2,1-2H3,(H,31,33). The number of amides is 1. The van der Waals surface area contributed by atoms with Gasteiger partial charge in [0.25, 0.3) is 0 Å². The number of ether oxygens (including phenoxy) is 1. The third kappa shape index (κ3) is 4.47. The molecular formula is C16H9F13N2O3S. The number of esters is 1. The van der Waals surface area contributed by atoms with Gasteiger partial charge in [-0.05, 0) is 19.4 Å². The average molecular weight is 556 g/mol. The minimum absolute atomic E-state index is 0.0771. The van der Waals surface area contributed by atoms with Crippen LogP contribution in [0.15, 0.2) is 0 Å². The highest BCUT2D eigenvalue weighted by Gasteiger charge is 2.91. The summed E-state index contributed by atoms with van der Waals surface area (Å²) in [6, 6.07) is 1.23. The monoisotopic (exact) mass is 556 g/mol. The number of nitrogens with zero attached hydrogens (tertiary/aromatic N) is 1. The van der Waals surface area contributed by atoms with E-state index in [9.17, 15) is 66.7 Å². The maximum absolute atomic E-state index is 13.9. The van der Waals surface area contributed by atoms with E-state index in [0.717, 1.165) is 12.2 Å². The quantitative estimate of drug-likeness (QED) is 0.325. The molecule has 1 aromatic heterocycles. The van der Waals surface area contributed by atoms with Crippen molar-refractivity contribution in [3.8, 4) is 6.07 Å². The molecule has 0 spiro atoms. The van der Waals surface area contributed by atoms with Gasteiger partial charge in [0.2, 0.25) is 0 Å². The van der Waals surface area contributed by atoms with Crippen LogP contribution in [0.3, 0.4) is 0 Å². The predicted octanol–water partition coefficient (Wildman–Crippen LogP) is 5.78. The highest BCUT2D eigenvalue weighted by molar-refractivity contribution is 7.18. The van der Waals surface area contributed by atoms with Crippen LogP contribution in [-0.4, -0.2) is 54.3 Å². The number of nitriles is 1. The first-order chi connectivity index (χ1) is 15.5. The maximum atomic E-state index is 13.9. The minimum atomic E-state index is -8.17. The van der Waals surface area contributed by atoms with Crippen molar-refractivity contribution in [3.05, 3.63) is 16.0 Å². The zero-order chi connectivity index (χ0) is 28.0. The topological polar surface area (TPSA) is 79.2 Å². The van der Waals surface area contributed by atoms with Crippen molar-refractivity contribution in [1.29, 1.82) is 5.26 Å². The number of hydrogen-bond donors (Lipinski definition) is 1. The van der Waals surface area contributed by atoms with Crippen LogP contribution in [0.5, 0.6) is 0 Å². The Bertz CT molecular complexity index is 1040. The van der Waals surface area contributed by atoms with Crippen molar-refractivity contribution in [2.24, 2.45) is 0 Å². The summed E-state index contributed by atoms with van der Waals surface area (Å²) >= 11 is -0.0771. The van der Waals surface area contributed by atoms with Crippen molar-refractivity contribution < 1.29 is 71.4 Å². The van der Waals surface area contributed by atoms with E-state index in [1.807, 2.05) is 0 Å². The summed E-state index contributed by atoms with van der Waals surface area (Å²) in [5.74, 6) is -44.0. The van der Waals surface area contributed by atoms with Crippen LogP contribution >= 0.6 is 11.3 Å². The number of nitrogens with one attached hydrogen (secondary N) is 1. The van der Waals surface area contributed by atoms with Gasteiger partial charge in [-0.25, -0.2) is 4.79 Å². The smallest absolute Gasteiger partial charge is 0.460 e. The summed E-state index contributed by atoms with van der Waals surface area (Å²) in [4.78, 5) is 22.8. The van der Waals surface area contributed by atoms with Gasteiger partial charge >= 0.3 is 47.7 Å². The molecule has 1 heterocycles. The Morgan fingerprint density at radius 1 is 0.886 bits per heavy atom. The van der Waals surface area contributed by atoms with Crippen LogP contribution in [0.1, 0.15) is 27.7 Å². The maximum Gasteiger partial charge on any atom is 0.460 e. The first kappa shape index (κ1) is 30.3. The van der Waals surface area contributed by atoms with Gasteiger partial charge in [-0.3, -0.25) is 4.79 Å². The minimum Gasteiger partial charge on any atom is -0.462 e. The third-order valence-corrected chi connectivity index (χ3v) is 5.35. The molecule has 0 saturated heterocycles. The Morgan fingerprint density at radius 3 is 1.74 bits per heavy atom. The summed E-state index contributed by atoms with van der Waals surface area (Å²) in [6.45, 7) is 2.00. The fourth-order valence-electron chi connectivity index (χ4n) is 2.22. The molecule has 198 valence electrons. The molecule has 35 heavy (non-hydrogen) atoms. The normalized spacial score (nSPS) is 13.9. The molecule has 19 heteroatoms. The highest BCUT2D eigenvalue weighted by atomic mass is 32.1. The molecule has 0 unspecified atom stereocenters. The second-order valence-electron chi connectivity index (χ2n) is 6.42. The number of hydrogen-bond acceptors (Lipinski definition) is 5. The number of thiophene rings is 1. The van der Waals surface area contributed by atoms with Gasteiger partial charge in [-0.15, -0.1) is 11.3 Å². The molecule has 0 radical (unpaired) electrons. The van der Waals surface area contributed by atoms with Gasteiger partial charge in [-0.2, -0.15) is 62.3 Å². The van der Waals surface area contributed by atoms with Crippen LogP contribution in [0, 0.1) is 18.3 Å². The lowest BCUT2D eigenvalue weighted by molar-refractivity contribution is -0.435. The van der Waals surface area contributed by atoms with E-state index in [1.54, 1.807) is 0 Å². The molecule has 1 aromatic rings. The van der Waals surface area contributed by atoms with Gasteiger partial charge in [0.1, 0.15) is 15.9 Å². The van der Waals surface area contributed by atoms with E-state index in [2.05, 4.69) is 4.74 Å². The lowest BCUT2D eigenvalue weighted by Crippen LogP contribution is -2.71. The summed E-state index contributed by atoms with van der Waals surface area (Å²) in [6.07, 6.45) is -7.59. The molecule has 0 aliphatic rings. The van der Waals surface area contributed by atoms with E-state index in [0.29, 0.717) is 0 Å². The van der Waals surface area contributed by atoms with Crippen molar-refractivity contribution >= 4 is 28.2 Å². The van der Waals surface area contributed by atoms with Gasteiger partial charge in [0.05, 0.1) is 12.2 Å². The van der Waals surface area contributed by atoms with Crippen molar-refractivity contribution in [2.45, 2.75) is 49.6 Å². The SMILES string of the molecule is CCOC(=O)c1sc(NC(=O)C(F)(F)C(F)(F)C(F)(F)C(F)(F)C(F)(F)C(F)(F)F)c(C#N)c1C. The number of rotatable bonds is 8. The molecule has 1 amide bonds. The molecule has 0 saturated carbocycles. The van der Waals surface area contributed by atoms with Gasteiger partial charge in [-0.1, -0.05) is 0 Å². The number of halogens is 13. The zero-order valence-electron chi connectivity index (χ0n) is 16.7. The molecule has 0 bridgehead atoms. The first-order valence-electron chi connectivity index (χ1n) is 8.45. The largest absolute Gasteiger partial charge is 0.462 e. The number of alkyl halides is 13. The molecule has 0 aliphatic carbocycles. The lowest BCUT2D eigenvalue weighted by atomic mass is 9.93. The lowest BCUT2D eigenvalue weighted by Gasteiger charge is -2.39. The second-order valence-corrected chi connectivity index (χ2v) is 7.44. The number of carbonyl (C=O) groups is 2. The molecular weight excluding hydrogens is 547 g/mol. The second kappa shape index (κ2) is 9.02. The summed E-state index contributed by atoms with van der Waals surface area (Å²) in [7, 11) is 0. The number of anilines is 1. The van der Waals surface area contributed by atoms with Crippen molar-refractivity contribution in [1.82, 2.24) is 0 Å². The van der Waals surface area contributed by atoms with Crippen LogP contribution in [0.4, 0.5) is 62.1 Å². The first-order valence-corrected chi connectivity index (χ1v) is 9.26. The molecule has 1 rings (SSSR count). The molecule has 0 atom stereocenters. The Morgan fingerprint density at radius 2 is 1.34 bits per heavy atom. The Balaban J connectivity index is 3.51. The van der Waals surface area contributed by atoms with E-state index in [1.165, 1.54) is 13.0 Å². The summed E-state index contributed by atoms with van der Waals surface area (Å²) in [5, 5.41) is 8.62. The predicted molar refractivity (Wildman–Crippen MR) is 89.1 cm³/mol. The molecule has 0 aromatic carbocycles. The molecule has 1 N–H and O–H groups in total. The Hall–Kier alpha value is -2.78. The van der Waals surface area contributed by atoms with Gasteiger partial charge in [0, 0.05) is 0 Å². The van der Waals surface area contributed by atoms with Crippen LogP contribution < -0.4 is 5.32 Å². The zero-order valence-corrected chi connectivity index (χ0v) is 17.5. The van der Waals surface area contributed by atoms with Gasteiger partial charge < -0.3 is 10.1 Å². The third-order valence-electron chi connectivity index (χ3n) is 4.17. The Kier molecular flexibility index (Phi) is 7.80. The molecule has 0 aliphatic heterocycles. The van der Waals surface area contributed by atoms with E-state index < -0.39 is 63.1 Å². The average Bonchev–Trinajstić information content (AvgIpc) is 3.01. The van der Waals surface area contributed by atoms with Crippen LogP contribution in [0.25, 0.3) is 0 Å². The Labute approximate surface area is 189 Å². The van der Waals surface area contributed by atoms with Gasteiger partial charge in [0.15, 0.2) is 0 Å². The van der Waals surface area contributed by atoms with Crippen LogP contribution in [0.2, 0.25) is 0 Å². The molecule has 0 fully saturated rings. The van der Waals surface area contributed by atoms with E-state index in [4.69, 9.17) is 5.26 Å². The van der Waals surface area contributed by atoms with Crippen molar-refractivity contribution in [2.75, 3.05) is 11.9 Å². The summed E-state index contributed by atoms with van der Waals surface area (Å²) < 4.78 is 176. The van der Waals surface area contributed by atoms with E-state index >= 15 is 0 Å². The van der Waals surface area contributed by atoms with Crippen molar-refractivity contribution in [3.63, 3.8) is 0 Å². The fraction of sp³-hybridized carbons (Fsp3) is 0.562. The highest BCUT2D eigenvalue weighted by Crippen LogP contribution is 2.60. The van der Waals surface area contributed by atoms with E-state index in [-0.39, 0.29) is 23.5 Å². The number of carbonyl (C=O) groups excluding carboxylic acids is 2. The molecule has 5 nitrogen and oxygen atoms in total. The summed E-state index contributed by atoms with van der Waals surface area (Å²) in [5.41, 5.74) is -1.26.